The van der Waals surface area contributed by atoms with Gasteiger partial charge in [0.25, 0.3) is 0 Å². The summed E-state index contributed by atoms with van der Waals surface area (Å²) < 4.78 is 13.4. The molecule has 0 heterocycles. The Morgan fingerprint density at radius 3 is 2.94 bits per heavy atom. The van der Waals surface area contributed by atoms with Crippen molar-refractivity contribution < 1.29 is 9.18 Å². The van der Waals surface area contributed by atoms with Crippen molar-refractivity contribution in [2.45, 2.75) is 17.7 Å². The molecule has 0 saturated heterocycles. The number of nitrogens with one attached hydrogen (secondary N) is 1. The average molecular weight is 254 g/mol. The fourth-order valence-corrected chi connectivity index (χ4v) is 2.16. The lowest BCUT2D eigenvalue weighted by molar-refractivity contribution is -0.118. The van der Waals surface area contributed by atoms with Crippen molar-refractivity contribution in [1.82, 2.24) is 5.32 Å². The summed E-state index contributed by atoms with van der Waals surface area (Å²) in [5.41, 5.74) is 5.84. The fourth-order valence-electron chi connectivity index (χ4n) is 1.41. The largest absolute Gasteiger partial charge is 0.399 e. The summed E-state index contributed by atoms with van der Waals surface area (Å²) in [4.78, 5) is 11.9. The SMILES string of the molecule is Nc1ccc(SCC(=O)NCC2CC2)c(F)c1. The minimum atomic E-state index is -0.370. The van der Waals surface area contributed by atoms with E-state index in [0.29, 0.717) is 16.5 Å². The van der Waals surface area contributed by atoms with Crippen molar-refractivity contribution in [2.24, 2.45) is 5.92 Å². The van der Waals surface area contributed by atoms with Crippen LogP contribution in [-0.2, 0) is 4.79 Å². The molecule has 1 aromatic rings. The second-order valence-electron chi connectivity index (χ2n) is 4.23. The molecule has 0 unspecified atom stereocenters. The Morgan fingerprint density at radius 2 is 2.29 bits per heavy atom. The van der Waals surface area contributed by atoms with E-state index in [-0.39, 0.29) is 17.5 Å². The number of carbonyl (C=O) groups excluding carboxylic acids is 1. The third kappa shape index (κ3) is 3.93. The van der Waals surface area contributed by atoms with Gasteiger partial charge < -0.3 is 11.1 Å². The molecule has 0 aromatic heterocycles. The summed E-state index contributed by atoms with van der Waals surface area (Å²) in [5.74, 6) is 0.494. The summed E-state index contributed by atoms with van der Waals surface area (Å²) in [7, 11) is 0. The van der Waals surface area contributed by atoms with Gasteiger partial charge in [-0.1, -0.05) is 0 Å². The van der Waals surface area contributed by atoms with E-state index in [1.54, 1.807) is 12.1 Å². The molecule has 3 nitrogen and oxygen atoms in total. The number of rotatable bonds is 5. The summed E-state index contributed by atoms with van der Waals surface area (Å²) in [6, 6.07) is 4.50. The molecule has 1 saturated carbocycles. The number of nitrogen functional groups attached to an aromatic ring is 1. The molecule has 2 rings (SSSR count). The molecule has 0 radical (unpaired) electrons. The van der Waals surface area contributed by atoms with Crippen LogP contribution in [0.2, 0.25) is 0 Å². The predicted molar refractivity (Wildman–Crippen MR) is 67.3 cm³/mol. The summed E-state index contributed by atoms with van der Waals surface area (Å²) in [6.45, 7) is 0.754. The zero-order valence-corrected chi connectivity index (χ0v) is 10.2. The Morgan fingerprint density at radius 1 is 1.53 bits per heavy atom. The zero-order chi connectivity index (χ0) is 12.3. The molecule has 5 heteroatoms. The molecule has 92 valence electrons. The van der Waals surface area contributed by atoms with E-state index in [1.165, 1.54) is 30.7 Å². The molecule has 3 N–H and O–H groups in total. The second kappa shape index (κ2) is 5.40. The van der Waals surface area contributed by atoms with Crippen molar-refractivity contribution in [3.05, 3.63) is 24.0 Å². The number of amides is 1. The Kier molecular flexibility index (Phi) is 3.89. The van der Waals surface area contributed by atoms with Crippen LogP contribution in [0.25, 0.3) is 0 Å². The number of hydrogen-bond donors (Lipinski definition) is 2. The van der Waals surface area contributed by atoms with Crippen LogP contribution in [0.1, 0.15) is 12.8 Å². The van der Waals surface area contributed by atoms with Gasteiger partial charge in [0.05, 0.1) is 5.75 Å². The number of benzene rings is 1. The van der Waals surface area contributed by atoms with Gasteiger partial charge in [-0.05, 0) is 37.0 Å². The number of halogens is 1. The van der Waals surface area contributed by atoms with Crippen LogP contribution in [0.15, 0.2) is 23.1 Å². The zero-order valence-electron chi connectivity index (χ0n) is 9.41. The van der Waals surface area contributed by atoms with Gasteiger partial charge in [0, 0.05) is 17.1 Å². The Labute approximate surface area is 104 Å². The van der Waals surface area contributed by atoms with Gasteiger partial charge in [-0.2, -0.15) is 0 Å². The van der Waals surface area contributed by atoms with Crippen LogP contribution in [0.5, 0.6) is 0 Å². The van der Waals surface area contributed by atoms with Crippen LogP contribution in [0.4, 0.5) is 10.1 Å². The highest BCUT2D eigenvalue weighted by molar-refractivity contribution is 8.00. The fraction of sp³-hybridized carbons (Fsp3) is 0.417. The molecule has 0 spiro atoms. The minimum Gasteiger partial charge on any atom is -0.399 e. The van der Waals surface area contributed by atoms with E-state index >= 15 is 0 Å². The lowest BCUT2D eigenvalue weighted by Crippen LogP contribution is -2.27. The van der Waals surface area contributed by atoms with Gasteiger partial charge in [-0.15, -0.1) is 11.8 Å². The van der Waals surface area contributed by atoms with Crippen LogP contribution in [0.3, 0.4) is 0 Å². The molecule has 0 bridgehead atoms. The van der Waals surface area contributed by atoms with Crippen LogP contribution >= 0.6 is 11.8 Å². The maximum absolute atomic E-state index is 13.4. The summed E-state index contributed by atoms with van der Waals surface area (Å²) in [5, 5.41) is 2.84. The van der Waals surface area contributed by atoms with Crippen molar-refractivity contribution in [3.63, 3.8) is 0 Å². The summed E-state index contributed by atoms with van der Waals surface area (Å²) >= 11 is 1.19. The number of thioether (sulfide) groups is 1. The Bertz CT molecular complexity index is 421. The highest BCUT2D eigenvalue weighted by Crippen LogP contribution is 2.27. The molecule has 1 fully saturated rings. The van der Waals surface area contributed by atoms with Gasteiger partial charge in [0.15, 0.2) is 0 Å². The number of carbonyl (C=O) groups is 1. The van der Waals surface area contributed by atoms with E-state index in [4.69, 9.17) is 5.73 Å². The standard InChI is InChI=1S/C12H15FN2OS/c13-10-5-9(14)3-4-11(10)17-7-12(16)15-6-8-1-2-8/h3-5,8H,1-2,6-7,14H2,(H,15,16). The molecular weight excluding hydrogens is 239 g/mol. The maximum atomic E-state index is 13.4. The van der Waals surface area contributed by atoms with Crippen molar-refractivity contribution in [2.75, 3.05) is 18.0 Å². The van der Waals surface area contributed by atoms with Crippen molar-refractivity contribution >= 4 is 23.4 Å². The third-order valence-electron chi connectivity index (χ3n) is 2.60. The van der Waals surface area contributed by atoms with Gasteiger partial charge >= 0.3 is 0 Å². The molecule has 1 amide bonds. The molecule has 0 aliphatic heterocycles. The lowest BCUT2D eigenvalue weighted by Gasteiger charge is -2.05. The molecule has 1 aliphatic carbocycles. The summed E-state index contributed by atoms with van der Waals surface area (Å²) in [6.07, 6.45) is 2.42. The van der Waals surface area contributed by atoms with E-state index in [1.807, 2.05) is 0 Å². The monoisotopic (exact) mass is 254 g/mol. The van der Waals surface area contributed by atoms with Gasteiger partial charge in [-0.25, -0.2) is 4.39 Å². The normalized spacial score (nSPS) is 14.6. The van der Waals surface area contributed by atoms with Crippen LogP contribution < -0.4 is 11.1 Å². The quantitative estimate of drug-likeness (QED) is 0.624. The maximum Gasteiger partial charge on any atom is 0.230 e. The predicted octanol–water partition coefficient (Wildman–Crippen LogP) is 2.03. The average Bonchev–Trinajstić information content (AvgIpc) is 3.09. The van der Waals surface area contributed by atoms with E-state index in [0.717, 1.165) is 6.54 Å². The van der Waals surface area contributed by atoms with Gasteiger partial charge in [0.1, 0.15) is 5.82 Å². The first-order chi connectivity index (χ1) is 8.15. The molecule has 17 heavy (non-hydrogen) atoms. The topological polar surface area (TPSA) is 55.1 Å². The van der Waals surface area contributed by atoms with Crippen LogP contribution in [0, 0.1) is 11.7 Å². The highest BCUT2D eigenvalue weighted by Gasteiger charge is 2.21. The first kappa shape index (κ1) is 12.2. The van der Waals surface area contributed by atoms with Crippen molar-refractivity contribution in [1.29, 1.82) is 0 Å². The Hall–Kier alpha value is -1.23. The highest BCUT2D eigenvalue weighted by atomic mass is 32.2. The molecule has 1 aromatic carbocycles. The van der Waals surface area contributed by atoms with Crippen molar-refractivity contribution in [3.8, 4) is 0 Å². The van der Waals surface area contributed by atoms with E-state index in [9.17, 15) is 9.18 Å². The van der Waals surface area contributed by atoms with E-state index in [2.05, 4.69) is 5.32 Å². The first-order valence-electron chi connectivity index (χ1n) is 5.59. The molecule has 1 aliphatic rings. The van der Waals surface area contributed by atoms with Gasteiger partial charge in [0.2, 0.25) is 5.91 Å². The smallest absolute Gasteiger partial charge is 0.230 e. The van der Waals surface area contributed by atoms with Crippen LogP contribution in [-0.4, -0.2) is 18.2 Å². The molecule has 0 atom stereocenters. The Balaban J connectivity index is 1.77. The second-order valence-corrected chi connectivity index (χ2v) is 5.24. The van der Waals surface area contributed by atoms with Gasteiger partial charge in [-0.3, -0.25) is 4.79 Å². The first-order valence-corrected chi connectivity index (χ1v) is 6.58. The third-order valence-corrected chi connectivity index (χ3v) is 3.65. The number of nitrogens with two attached hydrogens (primary N) is 1. The number of anilines is 1. The lowest BCUT2D eigenvalue weighted by atomic mass is 10.3. The molecular formula is C12H15FN2OS. The van der Waals surface area contributed by atoms with E-state index < -0.39 is 0 Å². The number of hydrogen-bond acceptors (Lipinski definition) is 3. The minimum absolute atomic E-state index is 0.0434.